The molecule has 0 saturated carbocycles. The molecular weight excluding hydrogens is 424 g/mol. The highest BCUT2D eigenvalue weighted by molar-refractivity contribution is 6.01. The third-order valence-corrected chi connectivity index (χ3v) is 5.79. The van der Waals surface area contributed by atoms with Crippen molar-refractivity contribution < 1.29 is 14.4 Å². The molecule has 0 spiro atoms. The Bertz CT molecular complexity index is 1160. The van der Waals surface area contributed by atoms with Gasteiger partial charge in [0, 0.05) is 44.0 Å². The summed E-state index contributed by atoms with van der Waals surface area (Å²) in [4.78, 5) is 50.8. The molecule has 170 valence electrons. The number of pyridine rings is 2. The van der Waals surface area contributed by atoms with E-state index >= 15 is 0 Å². The van der Waals surface area contributed by atoms with Crippen LogP contribution in [0.5, 0.6) is 0 Å². The maximum absolute atomic E-state index is 13.0. The third-order valence-electron chi connectivity index (χ3n) is 5.79. The van der Waals surface area contributed by atoms with E-state index in [-0.39, 0.29) is 28.7 Å². The molecule has 11 heteroatoms. The molecule has 1 fully saturated rings. The fraction of sp³-hybridized carbons (Fsp3) is 0.364. The van der Waals surface area contributed by atoms with Crippen LogP contribution in [0.1, 0.15) is 33.6 Å². The Kier molecular flexibility index (Phi) is 6.19. The number of fused-ring (bicyclic) bond motifs is 1. The summed E-state index contributed by atoms with van der Waals surface area (Å²) in [5.41, 5.74) is 7.96. The standard InChI is InChI=1S/C22H24N8O3/c1-28-5-6-29(20(32)12-28)11-15-7-14-3-2-4-30(21(14)26-18(15)13-31)22(33)27-19-8-17(24)16(9-23)10-25-19/h7-8,10,13H,2-6,11-12H2,1H3,(H3,24,25,27,33). The minimum Gasteiger partial charge on any atom is -0.398 e. The van der Waals surface area contributed by atoms with Gasteiger partial charge in [0.05, 0.1) is 17.8 Å². The Morgan fingerprint density at radius 3 is 2.85 bits per heavy atom. The van der Waals surface area contributed by atoms with Crippen molar-refractivity contribution in [3.05, 3.63) is 40.7 Å². The summed E-state index contributed by atoms with van der Waals surface area (Å²) in [6, 6.07) is 4.75. The molecule has 11 nitrogen and oxygen atoms in total. The lowest BCUT2D eigenvalue weighted by molar-refractivity contribution is -0.136. The number of hydrogen-bond acceptors (Lipinski definition) is 8. The summed E-state index contributed by atoms with van der Waals surface area (Å²) in [6.45, 7) is 2.42. The third kappa shape index (κ3) is 4.61. The van der Waals surface area contributed by atoms with E-state index in [9.17, 15) is 14.4 Å². The van der Waals surface area contributed by atoms with Crippen LogP contribution in [-0.2, 0) is 17.8 Å². The summed E-state index contributed by atoms with van der Waals surface area (Å²) in [7, 11) is 1.90. The van der Waals surface area contributed by atoms with Crippen molar-refractivity contribution in [1.29, 1.82) is 5.26 Å². The van der Waals surface area contributed by atoms with Crippen molar-refractivity contribution in [3.8, 4) is 6.07 Å². The van der Waals surface area contributed by atoms with Crippen molar-refractivity contribution in [2.75, 3.05) is 49.2 Å². The van der Waals surface area contributed by atoms with E-state index < -0.39 is 6.03 Å². The second-order valence-corrected chi connectivity index (χ2v) is 8.14. The number of carbonyl (C=O) groups excluding carboxylic acids is 3. The molecule has 1 saturated heterocycles. The average molecular weight is 448 g/mol. The van der Waals surface area contributed by atoms with Gasteiger partial charge >= 0.3 is 6.03 Å². The highest BCUT2D eigenvalue weighted by atomic mass is 16.2. The van der Waals surface area contributed by atoms with Gasteiger partial charge in [-0.15, -0.1) is 0 Å². The molecule has 2 aliphatic heterocycles. The average Bonchev–Trinajstić information content (AvgIpc) is 2.80. The number of aldehydes is 1. The molecule has 0 bridgehead atoms. The van der Waals surface area contributed by atoms with Gasteiger partial charge in [-0.2, -0.15) is 5.26 Å². The first-order chi connectivity index (χ1) is 15.9. The lowest BCUT2D eigenvalue weighted by Crippen LogP contribution is -2.48. The second kappa shape index (κ2) is 9.22. The number of carbonyl (C=O) groups is 3. The van der Waals surface area contributed by atoms with E-state index in [0.29, 0.717) is 50.3 Å². The molecule has 2 aromatic rings. The molecule has 0 aliphatic carbocycles. The van der Waals surface area contributed by atoms with Crippen LogP contribution in [0.2, 0.25) is 0 Å². The van der Waals surface area contributed by atoms with Gasteiger partial charge in [0.1, 0.15) is 23.4 Å². The number of urea groups is 1. The first-order valence-corrected chi connectivity index (χ1v) is 10.6. The van der Waals surface area contributed by atoms with Crippen LogP contribution < -0.4 is 16.0 Å². The number of rotatable bonds is 4. The number of aromatic nitrogens is 2. The quantitative estimate of drug-likeness (QED) is 0.658. The van der Waals surface area contributed by atoms with Crippen LogP contribution in [0.15, 0.2) is 18.3 Å². The molecule has 4 rings (SSSR count). The molecule has 0 radical (unpaired) electrons. The number of piperazine rings is 1. The molecule has 0 unspecified atom stereocenters. The molecular formula is C22H24N8O3. The largest absolute Gasteiger partial charge is 0.398 e. The van der Waals surface area contributed by atoms with E-state index in [1.807, 2.05) is 24.1 Å². The van der Waals surface area contributed by atoms with E-state index in [2.05, 4.69) is 15.3 Å². The van der Waals surface area contributed by atoms with Crippen molar-refractivity contribution in [2.24, 2.45) is 0 Å². The van der Waals surface area contributed by atoms with Crippen LogP contribution in [0, 0.1) is 11.3 Å². The molecule has 0 aromatic carbocycles. The molecule has 0 atom stereocenters. The number of anilines is 3. The number of nitriles is 1. The number of nitrogens with two attached hydrogens (primary N) is 1. The zero-order chi connectivity index (χ0) is 23.5. The smallest absolute Gasteiger partial charge is 0.328 e. The summed E-state index contributed by atoms with van der Waals surface area (Å²) in [5, 5.41) is 11.7. The Labute approximate surface area is 190 Å². The van der Waals surface area contributed by atoms with Gasteiger partial charge in [-0.25, -0.2) is 14.8 Å². The zero-order valence-corrected chi connectivity index (χ0v) is 18.2. The predicted molar refractivity (Wildman–Crippen MR) is 121 cm³/mol. The zero-order valence-electron chi connectivity index (χ0n) is 18.2. The monoisotopic (exact) mass is 448 g/mol. The Morgan fingerprint density at radius 1 is 1.33 bits per heavy atom. The summed E-state index contributed by atoms with van der Waals surface area (Å²) in [5.74, 6) is 0.633. The molecule has 2 aromatic heterocycles. The van der Waals surface area contributed by atoms with Gasteiger partial charge in [0.15, 0.2) is 6.29 Å². The molecule has 3 amide bonds. The van der Waals surface area contributed by atoms with Gasteiger partial charge < -0.3 is 10.6 Å². The predicted octanol–water partition coefficient (Wildman–Crippen LogP) is 1.00. The van der Waals surface area contributed by atoms with Crippen LogP contribution >= 0.6 is 0 Å². The number of nitrogens with one attached hydrogen (secondary N) is 1. The minimum absolute atomic E-state index is 0.00788. The normalized spacial score (nSPS) is 16.2. The molecule has 4 heterocycles. The maximum atomic E-state index is 13.0. The fourth-order valence-electron chi connectivity index (χ4n) is 3.99. The van der Waals surface area contributed by atoms with Crippen LogP contribution in [0.4, 0.5) is 22.1 Å². The summed E-state index contributed by atoms with van der Waals surface area (Å²) < 4.78 is 0. The molecule has 33 heavy (non-hydrogen) atoms. The van der Waals surface area contributed by atoms with Gasteiger partial charge in [-0.1, -0.05) is 0 Å². The number of nitrogens with zero attached hydrogens (tertiary/aromatic N) is 6. The van der Waals surface area contributed by atoms with Crippen molar-refractivity contribution in [2.45, 2.75) is 19.4 Å². The second-order valence-electron chi connectivity index (χ2n) is 8.14. The van der Waals surface area contributed by atoms with Crippen molar-refractivity contribution in [3.63, 3.8) is 0 Å². The fourth-order valence-corrected chi connectivity index (χ4v) is 3.99. The lowest BCUT2D eigenvalue weighted by Gasteiger charge is -2.33. The number of nitrogen functional groups attached to an aromatic ring is 1. The SMILES string of the molecule is CN1CCN(Cc2cc3c(nc2C=O)N(C(=O)Nc2cc(N)c(C#N)cn2)CCC3)C(=O)C1. The number of aryl methyl sites for hydroxylation is 1. The van der Waals surface area contributed by atoms with Crippen LogP contribution in [-0.4, -0.2) is 71.2 Å². The number of hydrogen-bond donors (Lipinski definition) is 2. The Hall–Kier alpha value is -4.04. The Balaban J connectivity index is 1.57. The first-order valence-electron chi connectivity index (χ1n) is 10.6. The number of amides is 3. The molecule has 2 aliphatic rings. The van der Waals surface area contributed by atoms with Crippen molar-refractivity contribution in [1.82, 2.24) is 19.8 Å². The highest BCUT2D eigenvalue weighted by Crippen LogP contribution is 2.28. The highest BCUT2D eigenvalue weighted by Gasteiger charge is 2.28. The topological polar surface area (TPSA) is 149 Å². The first kappa shape index (κ1) is 22.2. The van der Waals surface area contributed by atoms with Gasteiger partial charge in [0.25, 0.3) is 0 Å². The van der Waals surface area contributed by atoms with E-state index in [1.54, 1.807) is 4.90 Å². The van der Waals surface area contributed by atoms with Gasteiger partial charge in [-0.05, 0) is 31.5 Å². The van der Waals surface area contributed by atoms with Crippen LogP contribution in [0.25, 0.3) is 0 Å². The van der Waals surface area contributed by atoms with Crippen molar-refractivity contribution >= 4 is 35.5 Å². The molecule has 3 N–H and O–H groups in total. The lowest BCUT2D eigenvalue weighted by atomic mass is 10.0. The van der Waals surface area contributed by atoms with E-state index in [0.717, 1.165) is 18.5 Å². The Morgan fingerprint density at radius 2 is 2.15 bits per heavy atom. The summed E-state index contributed by atoms with van der Waals surface area (Å²) in [6.07, 6.45) is 3.38. The van der Waals surface area contributed by atoms with E-state index in [1.165, 1.54) is 17.2 Å². The maximum Gasteiger partial charge on any atom is 0.328 e. The number of likely N-dealkylation sites (N-methyl/N-ethyl adjacent to an activating group) is 1. The van der Waals surface area contributed by atoms with Gasteiger partial charge in [-0.3, -0.25) is 24.7 Å². The van der Waals surface area contributed by atoms with Gasteiger partial charge in [0.2, 0.25) is 5.91 Å². The minimum atomic E-state index is -0.459. The van der Waals surface area contributed by atoms with E-state index in [4.69, 9.17) is 11.0 Å². The summed E-state index contributed by atoms with van der Waals surface area (Å²) >= 11 is 0. The van der Waals surface area contributed by atoms with Crippen LogP contribution in [0.3, 0.4) is 0 Å².